The molecule has 2 fully saturated rings. The Hall–Kier alpha value is -1.40. The van der Waals surface area contributed by atoms with Gasteiger partial charge in [-0.15, -0.1) is 0 Å². The van der Waals surface area contributed by atoms with Crippen molar-refractivity contribution in [3.05, 3.63) is 17.2 Å². The predicted molar refractivity (Wildman–Crippen MR) is 92.5 cm³/mol. The van der Waals surface area contributed by atoms with Gasteiger partial charge in [-0.1, -0.05) is 6.92 Å². The number of piperidine rings is 2. The number of carbonyl (C=O) groups excluding carboxylic acids is 1. The smallest absolute Gasteiger partial charge is 0.219 e. The van der Waals surface area contributed by atoms with Gasteiger partial charge in [-0.2, -0.15) is 0 Å². The molecular formula is C18H30N4O2. The maximum Gasteiger partial charge on any atom is 0.219 e. The van der Waals surface area contributed by atoms with Gasteiger partial charge in [-0.25, -0.2) is 4.98 Å². The van der Waals surface area contributed by atoms with E-state index in [1.807, 2.05) is 4.90 Å². The molecule has 0 saturated carbocycles. The lowest BCUT2D eigenvalue weighted by molar-refractivity contribution is -0.138. The van der Waals surface area contributed by atoms with Crippen LogP contribution < -0.4 is 0 Å². The number of hydrogen-bond donors (Lipinski definition) is 2. The molecule has 1 unspecified atom stereocenters. The number of rotatable bonds is 3. The highest BCUT2D eigenvalue weighted by Gasteiger charge is 2.42. The van der Waals surface area contributed by atoms with Gasteiger partial charge in [-0.3, -0.25) is 9.69 Å². The summed E-state index contributed by atoms with van der Waals surface area (Å²) in [6, 6.07) is 0. The summed E-state index contributed by atoms with van der Waals surface area (Å²) in [5.74, 6) is 1.14. The molecule has 1 aromatic heterocycles. The first-order valence-electron chi connectivity index (χ1n) is 9.11. The highest BCUT2D eigenvalue weighted by molar-refractivity contribution is 5.73. The largest absolute Gasteiger partial charge is 0.391 e. The summed E-state index contributed by atoms with van der Waals surface area (Å²) >= 11 is 0. The highest BCUT2D eigenvalue weighted by Crippen LogP contribution is 2.40. The van der Waals surface area contributed by atoms with Crippen LogP contribution in [0.15, 0.2) is 0 Å². The topological polar surface area (TPSA) is 72.5 Å². The lowest BCUT2D eigenvalue weighted by Crippen LogP contribution is -2.54. The third-order valence-electron chi connectivity index (χ3n) is 5.73. The Kier molecular flexibility index (Phi) is 4.97. The van der Waals surface area contributed by atoms with E-state index in [9.17, 15) is 9.90 Å². The molecule has 134 valence electrons. The van der Waals surface area contributed by atoms with Crippen LogP contribution in [0.4, 0.5) is 0 Å². The first-order valence-corrected chi connectivity index (χ1v) is 9.11. The van der Waals surface area contributed by atoms with Crippen molar-refractivity contribution in [2.75, 3.05) is 26.2 Å². The molecule has 6 heteroatoms. The van der Waals surface area contributed by atoms with Crippen LogP contribution >= 0.6 is 0 Å². The van der Waals surface area contributed by atoms with E-state index in [1.54, 1.807) is 6.92 Å². The quantitative estimate of drug-likeness (QED) is 0.878. The standard InChI is InChI=1S/C18H30N4O2/c1-4-17-19-13(2)16(20-17)11-21-7-5-18(6-8-21)9-15(24)10-22(12-18)14(3)23/h15,24H,4-12H2,1-3H3,(H,19,20). The number of nitrogens with zero attached hydrogens (tertiary/aromatic N) is 3. The van der Waals surface area contributed by atoms with E-state index in [1.165, 1.54) is 5.69 Å². The highest BCUT2D eigenvalue weighted by atomic mass is 16.3. The van der Waals surface area contributed by atoms with E-state index in [2.05, 4.69) is 28.7 Å². The van der Waals surface area contributed by atoms with Crippen molar-refractivity contribution in [1.82, 2.24) is 19.8 Å². The molecular weight excluding hydrogens is 304 g/mol. The number of carbonyl (C=O) groups is 1. The minimum absolute atomic E-state index is 0.0785. The van der Waals surface area contributed by atoms with Gasteiger partial charge >= 0.3 is 0 Å². The SMILES string of the molecule is CCc1nc(CN2CCC3(CC2)CC(O)CN(C(C)=O)C3)c(C)[nH]1. The number of aromatic amines is 1. The van der Waals surface area contributed by atoms with Crippen LogP contribution in [0.3, 0.4) is 0 Å². The van der Waals surface area contributed by atoms with Crippen LogP contribution in [0.25, 0.3) is 0 Å². The van der Waals surface area contributed by atoms with Gasteiger partial charge in [0.25, 0.3) is 0 Å². The maximum atomic E-state index is 11.7. The van der Waals surface area contributed by atoms with E-state index in [0.717, 1.165) is 63.4 Å². The third-order valence-corrected chi connectivity index (χ3v) is 5.73. The molecule has 6 nitrogen and oxygen atoms in total. The molecule has 0 aromatic carbocycles. The summed E-state index contributed by atoms with van der Waals surface area (Å²) in [7, 11) is 0. The van der Waals surface area contributed by atoms with E-state index < -0.39 is 0 Å². The molecule has 3 heterocycles. The van der Waals surface area contributed by atoms with Crippen molar-refractivity contribution in [2.45, 2.75) is 59.1 Å². The second kappa shape index (κ2) is 6.84. The summed E-state index contributed by atoms with van der Waals surface area (Å²) < 4.78 is 0. The number of hydrogen-bond acceptors (Lipinski definition) is 4. The molecule has 1 amide bonds. The Morgan fingerprint density at radius 2 is 2.12 bits per heavy atom. The summed E-state index contributed by atoms with van der Waals surface area (Å²) in [6.45, 7) is 10.0. The minimum atomic E-state index is -0.380. The lowest BCUT2D eigenvalue weighted by atomic mass is 9.71. The molecule has 3 rings (SSSR count). The molecule has 1 spiro atoms. The van der Waals surface area contributed by atoms with E-state index in [-0.39, 0.29) is 17.4 Å². The van der Waals surface area contributed by atoms with Crippen LogP contribution in [-0.2, 0) is 17.8 Å². The average molecular weight is 334 g/mol. The van der Waals surface area contributed by atoms with Gasteiger partial charge in [-0.05, 0) is 44.7 Å². The number of imidazole rings is 1. The van der Waals surface area contributed by atoms with E-state index in [4.69, 9.17) is 0 Å². The fraction of sp³-hybridized carbons (Fsp3) is 0.778. The van der Waals surface area contributed by atoms with Crippen molar-refractivity contribution >= 4 is 5.91 Å². The zero-order chi connectivity index (χ0) is 17.3. The van der Waals surface area contributed by atoms with Crippen LogP contribution in [0.1, 0.15) is 50.3 Å². The van der Waals surface area contributed by atoms with Crippen molar-refractivity contribution in [3.8, 4) is 0 Å². The molecule has 2 saturated heterocycles. The van der Waals surface area contributed by atoms with Gasteiger partial charge < -0.3 is 15.0 Å². The van der Waals surface area contributed by atoms with Crippen molar-refractivity contribution in [2.24, 2.45) is 5.41 Å². The molecule has 1 aromatic rings. The third kappa shape index (κ3) is 3.64. The zero-order valence-corrected chi connectivity index (χ0v) is 15.1. The zero-order valence-electron chi connectivity index (χ0n) is 15.1. The fourth-order valence-corrected chi connectivity index (χ4v) is 4.24. The Labute approximate surface area is 144 Å². The summed E-state index contributed by atoms with van der Waals surface area (Å²) in [5.41, 5.74) is 2.41. The second-order valence-corrected chi connectivity index (χ2v) is 7.64. The molecule has 2 aliphatic heterocycles. The van der Waals surface area contributed by atoms with Crippen LogP contribution in [0.5, 0.6) is 0 Å². The number of H-pyrrole nitrogens is 1. The lowest BCUT2D eigenvalue weighted by Gasteiger charge is -2.49. The van der Waals surface area contributed by atoms with Crippen molar-refractivity contribution in [1.29, 1.82) is 0 Å². The number of aromatic nitrogens is 2. The Bertz CT molecular complexity index is 590. The number of aliphatic hydroxyl groups is 1. The Balaban J connectivity index is 1.60. The minimum Gasteiger partial charge on any atom is -0.391 e. The molecule has 0 bridgehead atoms. The normalized spacial score (nSPS) is 24.5. The van der Waals surface area contributed by atoms with E-state index >= 15 is 0 Å². The van der Waals surface area contributed by atoms with Gasteiger partial charge in [0.05, 0.1) is 11.8 Å². The number of amides is 1. The average Bonchev–Trinajstić information content (AvgIpc) is 2.89. The Morgan fingerprint density at radius 3 is 2.71 bits per heavy atom. The second-order valence-electron chi connectivity index (χ2n) is 7.64. The molecule has 24 heavy (non-hydrogen) atoms. The maximum absolute atomic E-state index is 11.7. The van der Waals surface area contributed by atoms with E-state index in [0.29, 0.717) is 6.54 Å². The van der Waals surface area contributed by atoms with Crippen molar-refractivity contribution in [3.63, 3.8) is 0 Å². The van der Waals surface area contributed by atoms with Gasteiger partial charge in [0.15, 0.2) is 0 Å². The Morgan fingerprint density at radius 1 is 1.42 bits per heavy atom. The van der Waals surface area contributed by atoms with Crippen LogP contribution in [-0.4, -0.2) is 63.1 Å². The first-order chi connectivity index (χ1) is 11.4. The fourth-order valence-electron chi connectivity index (χ4n) is 4.24. The monoisotopic (exact) mass is 334 g/mol. The molecule has 0 aliphatic carbocycles. The molecule has 2 N–H and O–H groups in total. The van der Waals surface area contributed by atoms with Gasteiger partial charge in [0.1, 0.15) is 5.82 Å². The first kappa shape index (κ1) is 17.4. The van der Waals surface area contributed by atoms with Crippen LogP contribution in [0, 0.1) is 12.3 Å². The van der Waals surface area contributed by atoms with Crippen LogP contribution in [0.2, 0.25) is 0 Å². The number of aliphatic hydroxyl groups excluding tert-OH is 1. The number of β-amino-alcohol motifs (C(OH)–C–C–N with tert-alkyl or cyclic N) is 1. The summed E-state index contributed by atoms with van der Waals surface area (Å²) in [5, 5.41) is 10.2. The number of nitrogens with one attached hydrogen (secondary N) is 1. The number of likely N-dealkylation sites (tertiary alicyclic amines) is 2. The molecule has 0 radical (unpaired) electrons. The molecule has 2 aliphatic rings. The van der Waals surface area contributed by atoms with Gasteiger partial charge in [0.2, 0.25) is 5.91 Å². The number of aryl methyl sites for hydroxylation is 2. The van der Waals surface area contributed by atoms with Gasteiger partial charge in [0, 0.05) is 38.7 Å². The summed E-state index contributed by atoms with van der Waals surface area (Å²) in [4.78, 5) is 24.1. The molecule has 1 atom stereocenters. The van der Waals surface area contributed by atoms with Crippen molar-refractivity contribution < 1.29 is 9.90 Å². The predicted octanol–water partition coefficient (Wildman–Crippen LogP) is 1.48. The summed E-state index contributed by atoms with van der Waals surface area (Å²) in [6.07, 6.45) is 3.46.